The summed E-state index contributed by atoms with van der Waals surface area (Å²) in [6.07, 6.45) is 0.753. The molecule has 0 aliphatic carbocycles. The van der Waals surface area contributed by atoms with Gasteiger partial charge < -0.3 is 9.73 Å². The number of rotatable bonds is 4. The molecule has 1 N–H and O–H groups in total. The molecular weight excluding hydrogens is 238 g/mol. The van der Waals surface area contributed by atoms with Gasteiger partial charge in [-0.15, -0.1) is 10.2 Å². The molecule has 5 heteroatoms. The minimum atomic E-state index is 0.508. The topological polar surface area (TPSA) is 51.0 Å². The average Bonchev–Trinajstić information content (AvgIpc) is 2.78. The predicted molar refractivity (Wildman–Crippen MR) is 67.2 cm³/mol. The van der Waals surface area contributed by atoms with Gasteiger partial charge in [0.25, 0.3) is 0 Å². The molecule has 1 aromatic carbocycles. The van der Waals surface area contributed by atoms with E-state index in [-0.39, 0.29) is 0 Å². The summed E-state index contributed by atoms with van der Waals surface area (Å²) in [4.78, 5) is 0. The van der Waals surface area contributed by atoms with Crippen molar-refractivity contribution in [1.29, 1.82) is 0 Å². The molecule has 1 aromatic heterocycles. The first kappa shape index (κ1) is 11.9. The highest BCUT2D eigenvalue weighted by molar-refractivity contribution is 6.30. The fraction of sp³-hybridized carbons (Fsp3) is 0.333. The molecule has 0 aliphatic heterocycles. The van der Waals surface area contributed by atoms with Crippen molar-refractivity contribution in [3.8, 4) is 0 Å². The van der Waals surface area contributed by atoms with E-state index in [0.717, 1.165) is 17.7 Å². The fourth-order valence-corrected chi connectivity index (χ4v) is 1.63. The van der Waals surface area contributed by atoms with E-state index in [1.807, 2.05) is 32.0 Å². The first-order chi connectivity index (χ1) is 8.19. The Labute approximate surface area is 105 Å². The first-order valence-corrected chi connectivity index (χ1v) is 5.88. The van der Waals surface area contributed by atoms with Gasteiger partial charge in [-0.05, 0) is 24.6 Å². The largest absolute Gasteiger partial charge is 0.423 e. The zero-order chi connectivity index (χ0) is 12.3. The van der Waals surface area contributed by atoms with Gasteiger partial charge in [-0.25, -0.2) is 0 Å². The Balaban J connectivity index is 2.04. The molecule has 0 amide bonds. The van der Waals surface area contributed by atoms with Gasteiger partial charge in [0.2, 0.25) is 11.8 Å². The Kier molecular flexibility index (Phi) is 3.64. The summed E-state index contributed by atoms with van der Waals surface area (Å²) < 4.78 is 5.41. The molecule has 2 rings (SSSR count). The Bertz CT molecular complexity index is 510. The van der Waals surface area contributed by atoms with Gasteiger partial charge in [0, 0.05) is 17.1 Å². The lowest BCUT2D eigenvalue weighted by Crippen LogP contribution is -2.01. The molecule has 0 radical (unpaired) electrons. The molecule has 0 saturated heterocycles. The van der Waals surface area contributed by atoms with Crippen LogP contribution in [0.2, 0.25) is 5.02 Å². The van der Waals surface area contributed by atoms with E-state index in [4.69, 9.17) is 16.0 Å². The smallest absolute Gasteiger partial charge is 0.235 e. The molecule has 0 unspecified atom stereocenters. The SMILES string of the molecule is CCc1nnc(CNc2cc(Cl)ccc2C)o1. The zero-order valence-electron chi connectivity index (χ0n) is 9.83. The molecule has 90 valence electrons. The van der Waals surface area contributed by atoms with Crippen LogP contribution in [0.1, 0.15) is 24.3 Å². The normalized spacial score (nSPS) is 10.5. The third-order valence-corrected chi connectivity index (χ3v) is 2.68. The van der Waals surface area contributed by atoms with E-state index >= 15 is 0 Å². The van der Waals surface area contributed by atoms with Crippen molar-refractivity contribution in [2.24, 2.45) is 0 Å². The molecule has 0 atom stereocenters. The van der Waals surface area contributed by atoms with Crippen molar-refractivity contribution < 1.29 is 4.42 Å². The monoisotopic (exact) mass is 251 g/mol. The van der Waals surface area contributed by atoms with Crippen LogP contribution in [-0.4, -0.2) is 10.2 Å². The van der Waals surface area contributed by atoms with E-state index in [9.17, 15) is 0 Å². The standard InChI is InChI=1S/C12H14ClN3O/c1-3-11-15-16-12(17-11)7-14-10-6-9(13)5-4-8(10)2/h4-6,14H,3,7H2,1-2H3. The Hall–Kier alpha value is -1.55. The lowest BCUT2D eigenvalue weighted by molar-refractivity contribution is 0.460. The average molecular weight is 252 g/mol. The lowest BCUT2D eigenvalue weighted by atomic mass is 10.2. The van der Waals surface area contributed by atoms with Crippen molar-refractivity contribution in [3.63, 3.8) is 0 Å². The number of anilines is 1. The minimum absolute atomic E-state index is 0.508. The number of benzene rings is 1. The summed E-state index contributed by atoms with van der Waals surface area (Å²) in [6, 6.07) is 5.72. The molecule has 4 nitrogen and oxygen atoms in total. The molecule has 0 spiro atoms. The summed E-state index contributed by atoms with van der Waals surface area (Å²) in [5, 5.41) is 11.8. The Morgan fingerprint density at radius 1 is 1.29 bits per heavy atom. The van der Waals surface area contributed by atoms with Gasteiger partial charge in [0.15, 0.2) is 0 Å². The maximum Gasteiger partial charge on any atom is 0.235 e. The molecule has 17 heavy (non-hydrogen) atoms. The van der Waals surface area contributed by atoms with Gasteiger partial charge in [0.1, 0.15) is 0 Å². The Morgan fingerprint density at radius 2 is 2.06 bits per heavy atom. The highest BCUT2D eigenvalue weighted by Crippen LogP contribution is 2.20. The van der Waals surface area contributed by atoms with Crippen LogP contribution in [0.4, 0.5) is 5.69 Å². The van der Waals surface area contributed by atoms with Crippen LogP contribution in [0.3, 0.4) is 0 Å². The van der Waals surface area contributed by atoms with Crippen molar-refractivity contribution >= 4 is 17.3 Å². The second-order valence-electron chi connectivity index (χ2n) is 3.76. The molecule has 0 bridgehead atoms. The lowest BCUT2D eigenvalue weighted by Gasteiger charge is -2.07. The summed E-state index contributed by atoms with van der Waals surface area (Å²) in [5.74, 6) is 1.24. The van der Waals surface area contributed by atoms with Crippen molar-refractivity contribution in [2.45, 2.75) is 26.8 Å². The summed E-state index contributed by atoms with van der Waals surface area (Å²) in [5.41, 5.74) is 2.11. The zero-order valence-corrected chi connectivity index (χ0v) is 10.6. The Morgan fingerprint density at radius 3 is 2.76 bits per heavy atom. The van der Waals surface area contributed by atoms with E-state index in [0.29, 0.717) is 23.3 Å². The molecule has 0 fully saturated rings. The number of halogens is 1. The van der Waals surface area contributed by atoms with Crippen LogP contribution >= 0.6 is 11.6 Å². The van der Waals surface area contributed by atoms with Crippen LogP contribution in [0.25, 0.3) is 0 Å². The number of aromatic nitrogens is 2. The van der Waals surface area contributed by atoms with Gasteiger partial charge in [-0.1, -0.05) is 24.6 Å². The number of aryl methyl sites for hydroxylation is 2. The number of nitrogens with one attached hydrogen (secondary N) is 1. The van der Waals surface area contributed by atoms with Crippen LogP contribution in [0.5, 0.6) is 0 Å². The number of hydrogen-bond acceptors (Lipinski definition) is 4. The molecule has 1 heterocycles. The molecular formula is C12H14ClN3O. The number of hydrogen-bond donors (Lipinski definition) is 1. The van der Waals surface area contributed by atoms with E-state index in [2.05, 4.69) is 15.5 Å². The maximum atomic E-state index is 5.93. The van der Waals surface area contributed by atoms with Crippen molar-refractivity contribution in [1.82, 2.24) is 10.2 Å². The van der Waals surface area contributed by atoms with E-state index < -0.39 is 0 Å². The van der Waals surface area contributed by atoms with Gasteiger partial charge in [-0.2, -0.15) is 0 Å². The first-order valence-electron chi connectivity index (χ1n) is 5.50. The minimum Gasteiger partial charge on any atom is -0.423 e. The van der Waals surface area contributed by atoms with E-state index in [1.165, 1.54) is 0 Å². The third kappa shape index (κ3) is 2.97. The highest BCUT2D eigenvalue weighted by Gasteiger charge is 2.05. The van der Waals surface area contributed by atoms with Crippen LogP contribution in [-0.2, 0) is 13.0 Å². The highest BCUT2D eigenvalue weighted by atomic mass is 35.5. The second-order valence-corrected chi connectivity index (χ2v) is 4.19. The fourth-order valence-electron chi connectivity index (χ4n) is 1.46. The van der Waals surface area contributed by atoms with Crippen molar-refractivity contribution in [3.05, 3.63) is 40.6 Å². The van der Waals surface area contributed by atoms with Crippen LogP contribution in [0, 0.1) is 6.92 Å². The molecule has 0 saturated carbocycles. The van der Waals surface area contributed by atoms with Gasteiger partial charge in [0.05, 0.1) is 6.54 Å². The van der Waals surface area contributed by atoms with Gasteiger partial charge >= 0.3 is 0 Å². The third-order valence-electron chi connectivity index (χ3n) is 2.44. The van der Waals surface area contributed by atoms with Crippen LogP contribution in [0.15, 0.2) is 22.6 Å². The van der Waals surface area contributed by atoms with Crippen LogP contribution < -0.4 is 5.32 Å². The number of nitrogens with zero attached hydrogens (tertiary/aromatic N) is 2. The van der Waals surface area contributed by atoms with Crippen molar-refractivity contribution in [2.75, 3.05) is 5.32 Å². The predicted octanol–water partition coefficient (Wildman–Crippen LogP) is 3.21. The molecule has 2 aromatic rings. The second kappa shape index (κ2) is 5.19. The summed E-state index contributed by atoms with van der Waals surface area (Å²) in [6.45, 7) is 4.50. The summed E-state index contributed by atoms with van der Waals surface area (Å²) >= 11 is 5.93. The van der Waals surface area contributed by atoms with E-state index in [1.54, 1.807) is 0 Å². The molecule has 0 aliphatic rings. The van der Waals surface area contributed by atoms with Gasteiger partial charge in [-0.3, -0.25) is 0 Å². The quantitative estimate of drug-likeness (QED) is 0.907. The summed E-state index contributed by atoms with van der Waals surface area (Å²) in [7, 11) is 0. The maximum absolute atomic E-state index is 5.93.